The molecular formula is C21H26ClFN2O3. The SMILES string of the molecule is CCOc1cc(CNc2ccc(F)cc2)c(Cl)cc1OCC(=O)NC(C)(C)C. The van der Waals surface area contributed by atoms with Crippen LogP contribution in [0.1, 0.15) is 33.3 Å². The molecule has 0 atom stereocenters. The second-order valence-electron chi connectivity index (χ2n) is 7.27. The molecule has 0 spiro atoms. The largest absolute Gasteiger partial charge is 0.490 e. The number of nitrogens with one attached hydrogen (secondary N) is 2. The summed E-state index contributed by atoms with van der Waals surface area (Å²) in [4.78, 5) is 12.0. The summed E-state index contributed by atoms with van der Waals surface area (Å²) in [5, 5.41) is 6.49. The number of ether oxygens (including phenoxy) is 2. The van der Waals surface area contributed by atoms with Gasteiger partial charge in [0.25, 0.3) is 5.91 Å². The van der Waals surface area contributed by atoms with Crippen molar-refractivity contribution in [2.24, 2.45) is 0 Å². The van der Waals surface area contributed by atoms with Crippen molar-refractivity contribution in [1.29, 1.82) is 0 Å². The van der Waals surface area contributed by atoms with Crippen LogP contribution < -0.4 is 20.1 Å². The van der Waals surface area contributed by atoms with Crippen molar-refractivity contribution in [3.05, 3.63) is 52.8 Å². The van der Waals surface area contributed by atoms with Crippen molar-refractivity contribution in [3.63, 3.8) is 0 Å². The summed E-state index contributed by atoms with van der Waals surface area (Å²) >= 11 is 6.38. The van der Waals surface area contributed by atoms with E-state index in [1.54, 1.807) is 24.3 Å². The molecule has 28 heavy (non-hydrogen) atoms. The van der Waals surface area contributed by atoms with Gasteiger partial charge < -0.3 is 20.1 Å². The number of halogens is 2. The first-order valence-electron chi connectivity index (χ1n) is 9.06. The van der Waals surface area contributed by atoms with Gasteiger partial charge in [-0.1, -0.05) is 11.6 Å². The zero-order chi connectivity index (χ0) is 20.7. The fraction of sp³-hybridized carbons (Fsp3) is 0.381. The van der Waals surface area contributed by atoms with Gasteiger partial charge >= 0.3 is 0 Å². The zero-order valence-corrected chi connectivity index (χ0v) is 17.3. The van der Waals surface area contributed by atoms with Crippen molar-refractivity contribution < 1.29 is 18.7 Å². The number of anilines is 1. The van der Waals surface area contributed by atoms with E-state index >= 15 is 0 Å². The number of carbonyl (C=O) groups is 1. The Morgan fingerprint density at radius 1 is 1.11 bits per heavy atom. The molecule has 0 radical (unpaired) electrons. The quantitative estimate of drug-likeness (QED) is 0.659. The van der Waals surface area contributed by atoms with Crippen LogP contribution in [0.2, 0.25) is 5.02 Å². The Morgan fingerprint density at radius 2 is 1.75 bits per heavy atom. The van der Waals surface area contributed by atoms with Gasteiger partial charge in [-0.2, -0.15) is 0 Å². The third-order valence-corrected chi connectivity index (χ3v) is 3.96. The molecule has 0 saturated heterocycles. The summed E-state index contributed by atoms with van der Waals surface area (Å²) in [6.07, 6.45) is 0. The monoisotopic (exact) mass is 408 g/mol. The third-order valence-electron chi connectivity index (χ3n) is 3.61. The predicted octanol–water partition coefficient (Wildman–Crippen LogP) is 4.78. The number of carbonyl (C=O) groups excluding carboxylic acids is 1. The van der Waals surface area contributed by atoms with Crippen molar-refractivity contribution in [2.45, 2.75) is 39.8 Å². The molecule has 0 heterocycles. The zero-order valence-electron chi connectivity index (χ0n) is 16.6. The minimum atomic E-state index is -0.337. The standard InChI is InChI=1S/C21H26ClFN2O3/c1-5-27-18-10-14(12-24-16-8-6-15(23)7-9-16)17(22)11-19(18)28-13-20(26)25-21(2,3)4/h6-11,24H,5,12-13H2,1-4H3,(H,25,26). The molecule has 0 bridgehead atoms. The summed E-state index contributed by atoms with van der Waals surface area (Å²) in [5.74, 6) is 0.389. The van der Waals surface area contributed by atoms with Crippen LogP contribution in [0.5, 0.6) is 11.5 Å². The lowest BCUT2D eigenvalue weighted by Crippen LogP contribution is -2.43. The first-order chi connectivity index (χ1) is 13.2. The highest BCUT2D eigenvalue weighted by molar-refractivity contribution is 6.31. The smallest absolute Gasteiger partial charge is 0.258 e. The molecule has 0 aliphatic carbocycles. The van der Waals surface area contributed by atoms with Gasteiger partial charge in [-0.15, -0.1) is 0 Å². The van der Waals surface area contributed by atoms with Gasteiger partial charge in [-0.3, -0.25) is 4.79 Å². The van der Waals surface area contributed by atoms with Crippen LogP contribution in [0.15, 0.2) is 36.4 Å². The molecule has 7 heteroatoms. The molecule has 0 unspecified atom stereocenters. The Labute approximate surface area is 170 Å². The van der Waals surface area contributed by atoms with Gasteiger partial charge in [0.05, 0.1) is 6.61 Å². The number of hydrogen-bond donors (Lipinski definition) is 2. The first-order valence-corrected chi connectivity index (χ1v) is 9.44. The Kier molecular flexibility index (Phi) is 7.52. The molecule has 2 aromatic rings. The van der Waals surface area contributed by atoms with Gasteiger partial charge in [0.2, 0.25) is 0 Å². The highest BCUT2D eigenvalue weighted by Crippen LogP contribution is 2.34. The van der Waals surface area contributed by atoms with Gasteiger partial charge in [0.15, 0.2) is 18.1 Å². The van der Waals surface area contributed by atoms with E-state index in [-0.39, 0.29) is 23.9 Å². The van der Waals surface area contributed by atoms with Gasteiger partial charge in [-0.25, -0.2) is 4.39 Å². The predicted molar refractivity (Wildman–Crippen MR) is 110 cm³/mol. The molecule has 5 nitrogen and oxygen atoms in total. The minimum Gasteiger partial charge on any atom is -0.490 e. The number of hydrogen-bond acceptors (Lipinski definition) is 4. The molecule has 2 aromatic carbocycles. The molecule has 0 saturated carbocycles. The van der Waals surface area contributed by atoms with Crippen molar-refractivity contribution >= 4 is 23.2 Å². The van der Waals surface area contributed by atoms with E-state index in [9.17, 15) is 9.18 Å². The maximum atomic E-state index is 13.0. The lowest BCUT2D eigenvalue weighted by Gasteiger charge is -2.21. The molecule has 0 aromatic heterocycles. The van der Waals surface area contributed by atoms with Crippen LogP contribution in [0, 0.1) is 5.82 Å². The fourth-order valence-corrected chi connectivity index (χ4v) is 2.68. The van der Waals surface area contributed by atoms with Gasteiger partial charge in [0.1, 0.15) is 5.82 Å². The Bertz CT molecular complexity index is 805. The van der Waals surface area contributed by atoms with Crippen LogP contribution in [0.25, 0.3) is 0 Å². The molecular weight excluding hydrogens is 383 g/mol. The lowest BCUT2D eigenvalue weighted by atomic mass is 10.1. The fourth-order valence-electron chi connectivity index (χ4n) is 2.46. The maximum absolute atomic E-state index is 13.0. The van der Waals surface area contributed by atoms with E-state index in [4.69, 9.17) is 21.1 Å². The molecule has 0 fully saturated rings. The minimum absolute atomic E-state index is 0.138. The van der Waals surface area contributed by atoms with Gasteiger partial charge in [-0.05, 0) is 63.6 Å². The number of rotatable bonds is 8. The van der Waals surface area contributed by atoms with Crippen molar-refractivity contribution in [3.8, 4) is 11.5 Å². The summed E-state index contributed by atoms with van der Waals surface area (Å²) in [5.41, 5.74) is 1.23. The topological polar surface area (TPSA) is 59.6 Å². The van der Waals surface area contributed by atoms with E-state index in [0.29, 0.717) is 29.7 Å². The average molecular weight is 409 g/mol. The maximum Gasteiger partial charge on any atom is 0.258 e. The van der Waals surface area contributed by atoms with E-state index in [0.717, 1.165) is 11.3 Å². The van der Waals surface area contributed by atoms with Crippen LogP contribution in [0.4, 0.5) is 10.1 Å². The Hall–Kier alpha value is -2.47. The van der Waals surface area contributed by atoms with Crippen LogP contribution in [0.3, 0.4) is 0 Å². The second kappa shape index (κ2) is 9.64. The van der Waals surface area contributed by atoms with Crippen LogP contribution in [-0.4, -0.2) is 24.7 Å². The molecule has 1 amide bonds. The van der Waals surface area contributed by atoms with E-state index in [1.807, 2.05) is 27.7 Å². The lowest BCUT2D eigenvalue weighted by molar-refractivity contribution is -0.124. The van der Waals surface area contributed by atoms with Crippen molar-refractivity contribution in [2.75, 3.05) is 18.5 Å². The average Bonchev–Trinajstić information content (AvgIpc) is 2.60. The molecule has 2 rings (SSSR count). The summed E-state index contributed by atoms with van der Waals surface area (Å²) < 4.78 is 24.3. The number of amides is 1. The normalized spacial score (nSPS) is 11.1. The molecule has 0 aliphatic heterocycles. The molecule has 152 valence electrons. The van der Waals surface area contributed by atoms with E-state index in [2.05, 4.69) is 10.6 Å². The Balaban J connectivity index is 2.09. The summed E-state index contributed by atoms with van der Waals surface area (Å²) in [6, 6.07) is 9.48. The summed E-state index contributed by atoms with van der Waals surface area (Å²) in [6.45, 7) is 8.29. The van der Waals surface area contributed by atoms with Crippen LogP contribution in [-0.2, 0) is 11.3 Å². The number of benzene rings is 2. The first kappa shape index (κ1) is 21.8. The van der Waals surface area contributed by atoms with E-state index in [1.165, 1.54) is 12.1 Å². The Morgan fingerprint density at radius 3 is 2.36 bits per heavy atom. The third kappa shape index (κ3) is 6.93. The van der Waals surface area contributed by atoms with Gasteiger partial charge in [0, 0.05) is 28.9 Å². The highest BCUT2D eigenvalue weighted by Gasteiger charge is 2.16. The van der Waals surface area contributed by atoms with E-state index < -0.39 is 0 Å². The molecule has 2 N–H and O–H groups in total. The highest BCUT2D eigenvalue weighted by atomic mass is 35.5. The second-order valence-corrected chi connectivity index (χ2v) is 7.68. The van der Waals surface area contributed by atoms with Crippen molar-refractivity contribution in [1.82, 2.24) is 5.32 Å². The van der Waals surface area contributed by atoms with Crippen LogP contribution >= 0.6 is 11.6 Å². The summed E-state index contributed by atoms with van der Waals surface area (Å²) in [7, 11) is 0. The molecule has 0 aliphatic rings.